The Hall–Kier alpha value is -0.823. The highest BCUT2D eigenvalue weighted by Gasteiger charge is 2.33. The summed E-state index contributed by atoms with van der Waals surface area (Å²) in [5, 5.41) is 0. The summed E-state index contributed by atoms with van der Waals surface area (Å²) >= 11 is 0. The van der Waals surface area contributed by atoms with Crippen molar-refractivity contribution >= 4 is 10.2 Å². The van der Waals surface area contributed by atoms with Gasteiger partial charge in [-0.15, -0.1) is 0 Å². The first kappa shape index (κ1) is 13.2. The van der Waals surface area contributed by atoms with E-state index < -0.39 is 0 Å². The molecule has 0 bridgehead atoms. The molecule has 3 aliphatic rings. The maximum absolute atomic E-state index is 3.81. The summed E-state index contributed by atoms with van der Waals surface area (Å²) in [5.74, 6) is 0.627. The summed E-state index contributed by atoms with van der Waals surface area (Å²) in [4.78, 5) is 0. The molecule has 0 N–H and O–H groups in total. The second kappa shape index (κ2) is 4.62. The van der Waals surface area contributed by atoms with Crippen molar-refractivity contribution in [3.8, 4) is 0 Å². The van der Waals surface area contributed by atoms with Crippen LogP contribution in [0.25, 0.3) is 0 Å². The van der Waals surface area contributed by atoms with Crippen molar-refractivity contribution in [3.05, 3.63) is 45.1 Å². The Kier molecular flexibility index (Phi) is 3.21. The highest BCUT2D eigenvalue weighted by molar-refractivity contribution is 6.16. The summed E-state index contributed by atoms with van der Waals surface area (Å²) in [6, 6.07) is 0. The first-order valence-corrected chi connectivity index (χ1v) is 8.92. The zero-order valence-corrected chi connectivity index (χ0v) is 15.0. The molecule has 3 rings (SSSR count). The van der Waals surface area contributed by atoms with Crippen LogP contribution in [-0.2, 0) is 0 Å². The zero-order valence-electron chi connectivity index (χ0n) is 13.0. The number of fused-ring (bicyclic) bond motifs is 1. The van der Waals surface area contributed by atoms with Crippen molar-refractivity contribution in [1.82, 2.24) is 0 Å². The van der Waals surface area contributed by atoms with Gasteiger partial charge in [0.2, 0.25) is 0 Å². The van der Waals surface area contributed by atoms with Crippen molar-refractivity contribution in [1.29, 1.82) is 0 Å². The molecule has 1 radical (unpaired) electrons. The minimum atomic E-state index is 0.627. The molecule has 0 amide bonds. The molecule has 2 unspecified atom stereocenters. The number of allylic oxidation sites excluding steroid dienone is 8. The van der Waals surface area contributed by atoms with Gasteiger partial charge in [-0.1, -0.05) is 12.5 Å². The van der Waals surface area contributed by atoms with Crippen LogP contribution in [0.15, 0.2) is 39.0 Å². The smallest absolute Gasteiger partial charge is 0.0179 e. The maximum atomic E-state index is 3.81. The van der Waals surface area contributed by atoms with Gasteiger partial charge in [0.25, 0.3) is 0 Å². The van der Waals surface area contributed by atoms with Gasteiger partial charge in [0.15, 0.2) is 0 Å². The Morgan fingerprint density at radius 1 is 1.00 bits per heavy atom. The summed E-state index contributed by atoms with van der Waals surface area (Å²) < 4.78 is 0. The molecule has 0 aliphatic heterocycles. The highest BCUT2D eigenvalue weighted by atomic mass is 28.1. The van der Waals surface area contributed by atoms with E-state index in [1.807, 2.05) is 0 Å². The molecule has 0 saturated heterocycles. The molecule has 2 atom stereocenters. The Bertz CT molecular complexity index is 554. The van der Waals surface area contributed by atoms with Crippen LogP contribution >= 0.6 is 0 Å². The molecular weight excluding hydrogens is 244 g/mol. The van der Waals surface area contributed by atoms with Gasteiger partial charge in [0, 0.05) is 16.2 Å². The molecule has 0 aromatic heterocycles. The first-order valence-electron chi connectivity index (χ1n) is 7.77. The van der Waals surface area contributed by atoms with Gasteiger partial charge in [-0.25, -0.2) is 0 Å². The van der Waals surface area contributed by atoms with Crippen molar-refractivity contribution in [2.24, 2.45) is 5.92 Å². The quantitative estimate of drug-likeness (QED) is 0.630. The van der Waals surface area contributed by atoms with Crippen molar-refractivity contribution in [3.63, 3.8) is 0 Å². The monoisotopic (exact) mass is 269 g/mol. The Balaban J connectivity index is 2.09. The van der Waals surface area contributed by atoms with Gasteiger partial charge in [0.1, 0.15) is 0 Å². The van der Waals surface area contributed by atoms with Crippen LogP contribution in [0.4, 0.5) is 0 Å². The van der Waals surface area contributed by atoms with Gasteiger partial charge in [-0.2, -0.15) is 0 Å². The third-order valence-corrected chi connectivity index (χ3v) is 6.41. The Labute approximate surface area is 120 Å². The maximum Gasteiger partial charge on any atom is 0.0179 e. The predicted molar refractivity (Wildman–Crippen MR) is 86.2 cm³/mol. The summed E-state index contributed by atoms with van der Waals surface area (Å²) in [7, 11) is 1.21. The van der Waals surface area contributed by atoms with Crippen LogP contribution in [0, 0.1) is 12.0 Å². The molecule has 0 heterocycles. The van der Waals surface area contributed by atoms with Crippen LogP contribution in [0.5, 0.6) is 0 Å². The molecule has 1 saturated carbocycles. The van der Waals surface area contributed by atoms with E-state index in [1.165, 1.54) is 41.5 Å². The fourth-order valence-corrected chi connectivity index (χ4v) is 5.16. The predicted octanol–water partition coefficient (Wildman–Crippen LogP) is 4.06. The average Bonchev–Trinajstić information content (AvgIpc) is 2.81. The Morgan fingerprint density at radius 3 is 2.32 bits per heavy atom. The Morgan fingerprint density at radius 2 is 1.68 bits per heavy atom. The summed E-state index contributed by atoms with van der Waals surface area (Å²) in [6.07, 6.45) is 9.14. The molecular formula is C18H25Si. The molecule has 0 nitrogen and oxygen atoms in total. The number of hydrogen-bond donors (Lipinski definition) is 0. The summed E-state index contributed by atoms with van der Waals surface area (Å²) in [6.45, 7) is 9.35. The fourth-order valence-electron chi connectivity index (χ4n) is 4.15. The van der Waals surface area contributed by atoms with E-state index >= 15 is 0 Å². The van der Waals surface area contributed by atoms with Crippen molar-refractivity contribution in [2.75, 3.05) is 0 Å². The lowest BCUT2D eigenvalue weighted by Crippen LogP contribution is -2.07. The third-order valence-electron chi connectivity index (χ3n) is 5.55. The summed E-state index contributed by atoms with van der Waals surface area (Å²) in [5.41, 5.74) is 12.0. The molecule has 0 aromatic carbocycles. The van der Waals surface area contributed by atoms with E-state index in [0.717, 1.165) is 0 Å². The van der Waals surface area contributed by atoms with E-state index in [1.54, 1.807) is 33.4 Å². The van der Waals surface area contributed by atoms with E-state index in [2.05, 4.69) is 33.8 Å². The van der Waals surface area contributed by atoms with Crippen LogP contribution in [0.3, 0.4) is 0 Å². The number of rotatable bonds is 1. The van der Waals surface area contributed by atoms with Crippen molar-refractivity contribution in [2.45, 2.75) is 58.9 Å². The number of hydrogen-bond acceptors (Lipinski definition) is 0. The minimum absolute atomic E-state index is 0.627. The van der Waals surface area contributed by atoms with Crippen LogP contribution in [0.2, 0.25) is 5.54 Å². The molecule has 19 heavy (non-hydrogen) atoms. The second-order valence-electron chi connectivity index (χ2n) is 6.51. The highest BCUT2D eigenvalue weighted by Crippen LogP contribution is 2.50. The standard InChI is InChI=1S/C18H25Si/c1-10-11(2)13(4)17(12(10)3)18-15-8-6-5-7-14(15)9-16(18)19/h12,16H,5-8H2,1-4,19H3. The molecule has 1 heteroatoms. The lowest BCUT2D eigenvalue weighted by atomic mass is 9.84. The van der Waals surface area contributed by atoms with Gasteiger partial charge in [-0.05, 0) is 91.5 Å². The van der Waals surface area contributed by atoms with E-state index in [9.17, 15) is 0 Å². The average molecular weight is 269 g/mol. The normalized spacial score (nSPS) is 31.5. The van der Waals surface area contributed by atoms with E-state index in [0.29, 0.717) is 11.5 Å². The zero-order chi connectivity index (χ0) is 13.7. The molecule has 101 valence electrons. The van der Waals surface area contributed by atoms with E-state index in [-0.39, 0.29) is 0 Å². The van der Waals surface area contributed by atoms with E-state index in [4.69, 9.17) is 0 Å². The van der Waals surface area contributed by atoms with Gasteiger partial charge in [0.05, 0.1) is 0 Å². The molecule has 0 spiro atoms. The van der Waals surface area contributed by atoms with Crippen LogP contribution in [-0.4, -0.2) is 10.2 Å². The fraction of sp³-hybridized carbons (Fsp3) is 0.556. The molecule has 0 aromatic rings. The minimum Gasteiger partial charge on any atom is -0.0629 e. The SMILES string of the molecule is CC1=C(C)C(C)C(C2=C3CCCCC3=[C]C2[SiH3])=C1C. The van der Waals surface area contributed by atoms with Crippen molar-refractivity contribution < 1.29 is 0 Å². The van der Waals surface area contributed by atoms with Crippen LogP contribution in [0.1, 0.15) is 53.4 Å². The largest absolute Gasteiger partial charge is 0.0629 e. The molecule has 3 aliphatic carbocycles. The third kappa shape index (κ3) is 1.86. The molecule has 1 fully saturated rings. The van der Waals surface area contributed by atoms with Crippen LogP contribution < -0.4 is 0 Å². The topological polar surface area (TPSA) is 0 Å². The lowest BCUT2D eigenvalue weighted by Gasteiger charge is -2.22. The second-order valence-corrected chi connectivity index (χ2v) is 7.67. The van der Waals surface area contributed by atoms with Gasteiger partial charge >= 0.3 is 0 Å². The first-order chi connectivity index (χ1) is 9.02. The van der Waals surface area contributed by atoms with Gasteiger partial charge in [-0.3, -0.25) is 0 Å². The lowest BCUT2D eigenvalue weighted by molar-refractivity contribution is 0.677. The van der Waals surface area contributed by atoms with Gasteiger partial charge < -0.3 is 0 Å².